The Balaban J connectivity index is 1.90. The lowest BCUT2D eigenvalue weighted by atomic mass is 9.97. The van der Waals surface area contributed by atoms with Crippen LogP contribution in [0.4, 0.5) is 0 Å². The molecule has 23 heavy (non-hydrogen) atoms. The molecule has 2 rings (SSSR count). The number of morpholine rings is 1. The number of methoxy groups -OCH3 is 1. The molecular weight excluding hydrogens is 298 g/mol. The lowest BCUT2D eigenvalue weighted by molar-refractivity contribution is -0.147. The van der Waals surface area contributed by atoms with E-state index in [0.717, 1.165) is 11.3 Å². The van der Waals surface area contributed by atoms with Gasteiger partial charge in [-0.2, -0.15) is 0 Å². The van der Waals surface area contributed by atoms with Crippen molar-refractivity contribution in [2.45, 2.75) is 31.8 Å². The van der Waals surface area contributed by atoms with Gasteiger partial charge in [-0.15, -0.1) is 0 Å². The second-order valence-corrected chi connectivity index (χ2v) is 5.81. The number of amides is 1. The molecule has 6 nitrogen and oxygen atoms in total. The highest BCUT2D eigenvalue weighted by molar-refractivity contribution is 5.77. The minimum absolute atomic E-state index is 0.0343. The van der Waals surface area contributed by atoms with Gasteiger partial charge in [0.05, 0.1) is 26.2 Å². The Morgan fingerprint density at radius 1 is 1.39 bits per heavy atom. The first-order valence-electron chi connectivity index (χ1n) is 7.74. The van der Waals surface area contributed by atoms with E-state index in [4.69, 9.17) is 14.6 Å². The molecule has 1 aliphatic rings. The van der Waals surface area contributed by atoms with Gasteiger partial charge < -0.3 is 19.5 Å². The number of hydrogen-bond acceptors (Lipinski definition) is 4. The summed E-state index contributed by atoms with van der Waals surface area (Å²) in [4.78, 5) is 24.9. The van der Waals surface area contributed by atoms with Crippen molar-refractivity contribution in [3.8, 4) is 5.75 Å². The molecule has 1 aromatic rings. The molecule has 0 aromatic heterocycles. The molecule has 2 unspecified atom stereocenters. The van der Waals surface area contributed by atoms with E-state index in [1.807, 2.05) is 31.2 Å². The molecule has 6 heteroatoms. The zero-order chi connectivity index (χ0) is 16.8. The van der Waals surface area contributed by atoms with Crippen LogP contribution >= 0.6 is 0 Å². The molecule has 1 fully saturated rings. The molecule has 0 aliphatic carbocycles. The Hall–Kier alpha value is -2.08. The first-order valence-corrected chi connectivity index (χ1v) is 7.74. The van der Waals surface area contributed by atoms with Crippen LogP contribution < -0.4 is 4.74 Å². The number of nitrogens with zero attached hydrogens (tertiary/aromatic N) is 1. The van der Waals surface area contributed by atoms with Gasteiger partial charge in [0, 0.05) is 19.5 Å². The molecule has 1 N–H and O–H groups in total. The minimum Gasteiger partial charge on any atom is -0.497 e. The van der Waals surface area contributed by atoms with Crippen LogP contribution in [0.15, 0.2) is 24.3 Å². The van der Waals surface area contributed by atoms with E-state index >= 15 is 0 Å². The summed E-state index contributed by atoms with van der Waals surface area (Å²) < 4.78 is 10.5. The van der Waals surface area contributed by atoms with Gasteiger partial charge >= 0.3 is 5.97 Å². The van der Waals surface area contributed by atoms with Crippen molar-refractivity contribution in [2.24, 2.45) is 0 Å². The van der Waals surface area contributed by atoms with Gasteiger partial charge in [0.25, 0.3) is 0 Å². The largest absolute Gasteiger partial charge is 0.497 e. The molecule has 0 radical (unpaired) electrons. The van der Waals surface area contributed by atoms with Crippen LogP contribution in [0.3, 0.4) is 0 Å². The van der Waals surface area contributed by atoms with Crippen LogP contribution in [0.25, 0.3) is 0 Å². The van der Waals surface area contributed by atoms with E-state index in [1.165, 1.54) is 0 Å². The van der Waals surface area contributed by atoms with Crippen molar-refractivity contribution in [3.63, 3.8) is 0 Å². The van der Waals surface area contributed by atoms with E-state index < -0.39 is 12.1 Å². The summed E-state index contributed by atoms with van der Waals surface area (Å²) in [6, 6.07) is 7.69. The fourth-order valence-electron chi connectivity index (χ4n) is 2.71. The number of hydrogen-bond donors (Lipinski definition) is 1. The fourth-order valence-corrected chi connectivity index (χ4v) is 2.71. The predicted octanol–water partition coefficient (Wildman–Crippen LogP) is 1.89. The zero-order valence-corrected chi connectivity index (χ0v) is 13.5. The molecule has 1 aromatic carbocycles. The van der Waals surface area contributed by atoms with E-state index in [2.05, 4.69) is 0 Å². The number of carboxylic acid groups (broad SMARTS) is 1. The summed E-state index contributed by atoms with van der Waals surface area (Å²) in [7, 11) is 1.62. The Morgan fingerprint density at radius 3 is 2.70 bits per heavy atom. The summed E-state index contributed by atoms with van der Waals surface area (Å²) in [5.41, 5.74) is 1.08. The summed E-state index contributed by atoms with van der Waals surface area (Å²) in [5, 5.41) is 8.83. The average molecular weight is 321 g/mol. The highest BCUT2D eigenvalue weighted by atomic mass is 16.5. The molecule has 1 aliphatic heterocycles. The number of carbonyl (C=O) groups excluding carboxylic acids is 1. The molecular formula is C17H23NO5. The second-order valence-electron chi connectivity index (χ2n) is 5.81. The maximum Gasteiger partial charge on any atom is 0.306 e. The maximum atomic E-state index is 12.4. The van der Waals surface area contributed by atoms with Crippen molar-refractivity contribution in [1.82, 2.24) is 4.90 Å². The SMILES string of the molecule is COc1ccc(C(C)CC(=O)N2CCOC(CC(=O)O)C2)cc1. The van der Waals surface area contributed by atoms with E-state index in [9.17, 15) is 9.59 Å². The molecule has 1 saturated heterocycles. The lowest BCUT2D eigenvalue weighted by Crippen LogP contribution is -2.46. The van der Waals surface area contributed by atoms with E-state index in [1.54, 1.807) is 12.0 Å². The van der Waals surface area contributed by atoms with E-state index in [0.29, 0.717) is 26.1 Å². The highest BCUT2D eigenvalue weighted by Gasteiger charge is 2.26. The van der Waals surface area contributed by atoms with Crippen LogP contribution in [-0.4, -0.2) is 54.8 Å². The smallest absolute Gasteiger partial charge is 0.306 e. The molecule has 0 bridgehead atoms. The monoisotopic (exact) mass is 321 g/mol. The molecule has 1 amide bonds. The van der Waals surface area contributed by atoms with Gasteiger partial charge in [-0.25, -0.2) is 0 Å². The molecule has 1 heterocycles. The van der Waals surface area contributed by atoms with Gasteiger partial charge in [-0.05, 0) is 23.6 Å². The number of ether oxygens (including phenoxy) is 2. The van der Waals surface area contributed by atoms with Crippen molar-refractivity contribution in [1.29, 1.82) is 0 Å². The Labute approximate surface area is 136 Å². The van der Waals surface area contributed by atoms with Crippen molar-refractivity contribution in [3.05, 3.63) is 29.8 Å². The highest BCUT2D eigenvalue weighted by Crippen LogP contribution is 2.23. The number of aliphatic carboxylic acids is 1. The summed E-state index contributed by atoms with van der Waals surface area (Å²) >= 11 is 0. The van der Waals surface area contributed by atoms with Crippen LogP contribution in [0.5, 0.6) is 5.75 Å². The first kappa shape index (κ1) is 17.3. The van der Waals surface area contributed by atoms with Crippen molar-refractivity contribution in [2.75, 3.05) is 26.8 Å². The molecule has 2 atom stereocenters. The lowest BCUT2D eigenvalue weighted by Gasteiger charge is -2.33. The predicted molar refractivity (Wildman–Crippen MR) is 84.6 cm³/mol. The zero-order valence-electron chi connectivity index (χ0n) is 13.5. The number of rotatable bonds is 6. The fraction of sp³-hybridized carbons (Fsp3) is 0.529. The third-order valence-electron chi connectivity index (χ3n) is 4.06. The summed E-state index contributed by atoms with van der Waals surface area (Å²) in [5.74, 6) is 0.00838. The number of carboxylic acids is 1. The van der Waals surface area contributed by atoms with Crippen LogP contribution in [0.2, 0.25) is 0 Å². The Morgan fingerprint density at radius 2 is 2.09 bits per heavy atom. The van der Waals surface area contributed by atoms with Crippen LogP contribution in [0.1, 0.15) is 31.2 Å². The summed E-state index contributed by atoms with van der Waals surface area (Å²) in [6.45, 7) is 3.26. The number of benzene rings is 1. The molecule has 126 valence electrons. The van der Waals surface area contributed by atoms with E-state index in [-0.39, 0.29) is 18.2 Å². The van der Waals surface area contributed by atoms with Gasteiger partial charge in [-0.1, -0.05) is 19.1 Å². The average Bonchev–Trinajstić information content (AvgIpc) is 2.54. The third kappa shape index (κ3) is 4.96. The second kappa shape index (κ2) is 7.97. The third-order valence-corrected chi connectivity index (χ3v) is 4.06. The topological polar surface area (TPSA) is 76.1 Å². The molecule has 0 spiro atoms. The first-order chi connectivity index (χ1) is 11.0. The van der Waals surface area contributed by atoms with Gasteiger partial charge in [-0.3, -0.25) is 9.59 Å². The number of carbonyl (C=O) groups is 2. The van der Waals surface area contributed by atoms with Crippen molar-refractivity contribution < 1.29 is 24.2 Å². The van der Waals surface area contributed by atoms with Gasteiger partial charge in [0.2, 0.25) is 5.91 Å². The minimum atomic E-state index is -0.907. The standard InChI is InChI=1S/C17H23NO5/c1-12(13-3-5-14(22-2)6-4-13)9-16(19)18-7-8-23-15(11-18)10-17(20)21/h3-6,12,15H,7-11H2,1-2H3,(H,20,21). The van der Waals surface area contributed by atoms with Crippen LogP contribution in [0, 0.1) is 0 Å². The van der Waals surface area contributed by atoms with Gasteiger partial charge in [0.1, 0.15) is 5.75 Å². The van der Waals surface area contributed by atoms with Crippen molar-refractivity contribution >= 4 is 11.9 Å². The normalized spacial score (nSPS) is 19.2. The Kier molecular flexibility index (Phi) is 5.98. The Bertz CT molecular complexity index is 542. The van der Waals surface area contributed by atoms with Gasteiger partial charge in [0.15, 0.2) is 0 Å². The maximum absolute atomic E-state index is 12.4. The quantitative estimate of drug-likeness (QED) is 0.866. The van der Waals surface area contributed by atoms with Crippen LogP contribution in [-0.2, 0) is 14.3 Å². The molecule has 0 saturated carbocycles. The summed E-state index contributed by atoms with van der Waals surface area (Å²) in [6.07, 6.45) is -0.0919.